The Kier molecular flexibility index (Phi) is 5.20. The number of aromatic nitrogens is 3. The van der Waals surface area contributed by atoms with Gasteiger partial charge < -0.3 is 14.4 Å². The molecule has 128 valence electrons. The van der Waals surface area contributed by atoms with Crippen LogP contribution in [0.15, 0.2) is 61.2 Å². The number of pyridine rings is 1. The highest BCUT2D eigenvalue weighted by Crippen LogP contribution is 2.17. The summed E-state index contributed by atoms with van der Waals surface area (Å²) in [4.78, 5) is 19.6. The number of hydrogen-bond donors (Lipinski definition) is 1. The van der Waals surface area contributed by atoms with Crippen molar-refractivity contribution in [2.45, 2.75) is 19.6 Å². The maximum Gasteiger partial charge on any atom is 0.159 e. The van der Waals surface area contributed by atoms with E-state index < -0.39 is 6.10 Å². The fraction of sp³-hybridized carbons (Fsp3) is 0.211. The molecule has 1 unspecified atom stereocenters. The molecule has 0 aliphatic heterocycles. The molecule has 25 heavy (non-hydrogen) atoms. The first-order valence-electron chi connectivity index (χ1n) is 7.97. The normalized spacial score (nSPS) is 11.9. The summed E-state index contributed by atoms with van der Waals surface area (Å²) in [6, 6.07) is 10.6. The quantitative estimate of drug-likeness (QED) is 0.671. The Balaban J connectivity index is 1.59. The van der Waals surface area contributed by atoms with E-state index in [0.29, 0.717) is 17.9 Å². The number of aliphatic hydroxyl groups is 1. The number of carbonyl (C=O) groups is 1. The third kappa shape index (κ3) is 4.30. The first kappa shape index (κ1) is 16.9. The molecule has 1 aromatic carbocycles. The topological polar surface area (TPSA) is 77.2 Å². The van der Waals surface area contributed by atoms with E-state index in [1.807, 2.05) is 22.9 Å². The van der Waals surface area contributed by atoms with Crippen LogP contribution < -0.4 is 4.74 Å². The molecule has 0 aliphatic carbocycles. The number of nitrogens with zero attached hydrogens (tertiary/aromatic N) is 3. The minimum atomic E-state index is -0.692. The molecule has 2 heterocycles. The lowest BCUT2D eigenvalue weighted by atomic mass is 10.1. The highest BCUT2D eigenvalue weighted by Gasteiger charge is 2.11. The zero-order valence-electron chi connectivity index (χ0n) is 13.9. The van der Waals surface area contributed by atoms with Gasteiger partial charge in [0.25, 0.3) is 0 Å². The van der Waals surface area contributed by atoms with E-state index >= 15 is 0 Å². The smallest absolute Gasteiger partial charge is 0.159 e. The molecular weight excluding hydrogens is 318 g/mol. The van der Waals surface area contributed by atoms with Crippen LogP contribution in [-0.4, -0.2) is 38.1 Å². The summed E-state index contributed by atoms with van der Waals surface area (Å²) >= 11 is 0. The van der Waals surface area contributed by atoms with Gasteiger partial charge in [-0.2, -0.15) is 0 Å². The molecule has 0 amide bonds. The molecule has 0 saturated heterocycles. The number of imidazole rings is 1. The molecule has 0 fully saturated rings. The maximum atomic E-state index is 11.3. The van der Waals surface area contributed by atoms with E-state index in [0.717, 1.165) is 11.4 Å². The van der Waals surface area contributed by atoms with Gasteiger partial charge in [0.2, 0.25) is 0 Å². The van der Waals surface area contributed by atoms with Gasteiger partial charge >= 0.3 is 0 Å². The Morgan fingerprint density at radius 3 is 2.56 bits per heavy atom. The van der Waals surface area contributed by atoms with Crippen molar-refractivity contribution in [3.8, 4) is 17.1 Å². The van der Waals surface area contributed by atoms with E-state index in [4.69, 9.17) is 4.74 Å². The lowest BCUT2D eigenvalue weighted by Crippen LogP contribution is -2.23. The van der Waals surface area contributed by atoms with Crippen LogP contribution in [0.2, 0.25) is 0 Å². The van der Waals surface area contributed by atoms with Crippen molar-refractivity contribution < 1.29 is 14.6 Å². The molecule has 6 heteroatoms. The summed E-state index contributed by atoms with van der Waals surface area (Å²) in [6.45, 7) is 2.03. The third-order valence-electron chi connectivity index (χ3n) is 3.76. The molecule has 0 radical (unpaired) electrons. The summed E-state index contributed by atoms with van der Waals surface area (Å²) in [5.74, 6) is 1.40. The van der Waals surface area contributed by atoms with E-state index in [9.17, 15) is 9.90 Å². The molecule has 3 rings (SSSR count). The van der Waals surface area contributed by atoms with Gasteiger partial charge in [-0.15, -0.1) is 0 Å². The molecule has 0 saturated carbocycles. The van der Waals surface area contributed by atoms with Gasteiger partial charge in [-0.25, -0.2) is 4.98 Å². The number of aliphatic hydroxyl groups excluding tert-OH is 1. The standard InChI is InChI=1S/C19H19N3O3/c1-14(23)15-2-4-18(5-3-15)25-13-17(24)12-22-11-10-21-19(22)16-6-8-20-9-7-16/h2-11,17,24H,12-13H2,1H3. The SMILES string of the molecule is CC(=O)c1ccc(OCC(O)Cn2ccnc2-c2ccncc2)cc1. The summed E-state index contributed by atoms with van der Waals surface area (Å²) in [6.07, 6.45) is 6.24. The molecule has 6 nitrogen and oxygen atoms in total. The van der Waals surface area contributed by atoms with Gasteiger partial charge in [-0.3, -0.25) is 9.78 Å². The van der Waals surface area contributed by atoms with Gasteiger partial charge in [0.05, 0.1) is 6.54 Å². The number of carbonyl (C=O) groups excluding carboxylic acids is 1. The van der Waals surface area contributed by atoms with Crippen LogP contribution in [0.25, 0.3) is 11.4 Å². The Hall–Kier alpha value is -2.99. The highest BCUT2D eigenvalue weighted by atomic mass is 16.5. The number of benzene rings is 1. The van der Waals surface area contributed by atoms with E-state index in [1.54, 1.807) is 42.9 Å². The number of rotatable bonds is 7. The molecule has 0 aliphatic rings. The fourth-order valence-corrected chi connectivity index (χ4v) is 2.48. The summed E-state index contributed by atoms with van der Waals surface area (Å²) in [5, 5.41) is 10.3. The predicted octanol–water partition coefficient (Wildman–Crippen LogP) is 2.59. The lowest BCUT2D eigenvalue weighted by molar-refractivity contribution is 0.0927. The second-order valence-electron chi connectivity index (χ2n) is 5.68. The van der Waals surface area contributed by atoms with E-state index in [2.05, 4.69) is 9.97 Å². The Bertz CT molecular complexity index is 829. The van der Waals surface area contributed by atoms with Gasteiger partial charge in [0.15, 0.2) is 5.78 Å². The van der Waals surface area contributed by atoms with Crippen LogP contribution in [0.5, 0.6) is 5.75 Å². The molecular formula is C19H19N3O3. The number of Topliss-reactive ketones (excluding diaryl/α,β-unsaturated/α-hetero) is 1. The second kappa shape index (κ2) is 7.72. The minimum absolute atomic E-state index is 0.00957. The number of ketones is 1. The largest absolute Gasteiger partial charge is 0.491 e. The summed E-state index contributed by atoms with van der Waals surface area (Å²) in [7, 11) is 0. The molecule has 1 N–H and O–H groups in total. The maximum absolute atomic E-state index is 11.3. The Morgan fingerprint density at radius 2 is 1.88 bits per heavy atom. The zero-order chi connectivity index (χ0) is 17.6. The van der Waals surface area contributed by atoms with Crippen LogP contribution in [0.4, 0.5) is 0 Å². The zero-order valence-corrected chi connectivity index (χ0v) is 13.9. The predicted molar refractivity (Wildman–Crippen MR) is 93.4 cm³/mol. The first-order chi connectivity index (χ1) is 12.1. The van der Waals surface area contributed by atoms with Crippen molar-refractivity contribution in [1.82, 2.24) is 14.5 Å². The van der Waals surface area contributed by atoms with Gasteiger partial charge in [0.1, 0.15) is 24.3 Å². The average Bonchev–Trinajstić information content (AvgIpc) is 3.09. The summed E-state index contributed by atoms with van der Waals surface area (Å²) in [5.41, 5.74) is 1.57. The van der Waals surface area contributed by atoms with Crippen molar-refractivity contribution in [3.63, 3.8) is 0 Å². The van der Waals surface area contributed by atoms with Gasteiger partial charge in [-0.05, 0) is 43.3 Å². The second-order valence-corrected chi connectivity index (χ2v) is 5.68. The lowest BCUT2D eigenvalue weighted by Gasteiger charge is -2.15. The van der Waals surface area contributed by atoms with E-state index in [1.165, 1.54) is 6.92 Å². The van der Waals surface area contributed by atoms with Crippen LogP contribution >= 0.6 is 0 Å². The van der Waals surface area contributed by atoms with Crippen molar-refractivity contribution in [2.24, 2.45) is 0 Å². The van der Waals surface area contributed by atoms with Crippen molar-refractivity contribution >= 4 is 5.78 Å². The van der Waals surface area contributed by atoms with Crippen molar-refractivity contribution in [2.75, 3.05) is 6.61 Å². The van der Waals surface area contributed by atoms with Gasteiger partial charge in [-0.1, -0.05) is 0 Å². The summed E-state index contributed by atoms with van der Waals surface area (Å²) < 4.78 is 7.47. The van der Waals surface area contributed by atoms with Crippen LogP contribution in [-0.2, 0) is 6.54 Å². The van der Waals surface area contributed by atoms with Crippen LogP contribution in [0, 0.1) is 0 Å². The Morgan fingerprint density at radius 1 is 1.16 bits per heavy atom. The Labute approximate surface area is 145 Å². The molecule has 2 aromatic heterocycles. The average molecular weight is 337 g/mol. The van der Waals surface area contributed by atoms with Crippen molar-refractivity contribution in [1.29, 1.82) is 0 Å². The monoisotopic (exact) mass is 337 g/mol. The van der Waals surface area contributed by atoms with Crippen LogP contribution in [0.1, 0.15) is 17.3 Å². The minimum Gasteiger partial charge on any atom is -0.491 e. The van der Waals surface area contributed by atoms with E-state index in [-0.39, 0.29) is 12.4 Å². The third-order valence-corrected chi connectivity index (χ3v) is 3.76. The van der Waals surface area contributed by atoms with Crippen molar-refractivity contribution in [3.05, 3.63) is 66.7 Å². The van der Waals surface area contributed by atoms with Crippen LogP contribution in [0.3, 0.4) is 0 Å². The molecule has 0 spiro atoms. The number of hydrogen-bond acceptors (Lipinski definition) is 5. The molecule has 0 bridgehead atoms. The fourth-order valence-electron chi connectivity index (χ4n) is 2.48. The van der Waals surface area contributed by atoms with Gasteiger partial charge in [0, 0.05) is 35.9 Å². The number of ether oxygens (including phenoxy) is 1. The first-order valence-corrected chi connectivity index (χ1v) is 7.97. The molecule has 3 aromatic rings. The molecule has 1 atom stereocenters. The highest BCUT2D eigenvalue weighted by molar-refractivity contribution is 5.94.